The average molecular weight is 297 g/mol. The van der Waals surface area contributed by atoms with Crippen LogP contribution in [0.4, 0.5) is 11.4 Å². The molecule has 0 aromatic heterocycles. The number of nitrogen functional groups attached to an aromatic ring is 2. The van der Waals surface area contributed by atoms with Gasteiger partial charge in [0.25, 0.3) is 0 Å². The Morgan fingerprint density at radius 1 is 0.947 bits per heavy atom. The van der Waals surface area contributed by atoms with Crippen molar-refractivity contribution in [3.8, 4) is 5.75 Å². The summed E-state index contributed by atoms with van der Waals surface area (Å²) in [6.07, 6.45) is 0. The normalized spacial score (nSPS) is 10.2. The highest BCUT2D eigenvalue weighted by Crippen LogP contribution is 2.25. The van der Waals surface area contributed by atoms with Gasteiger partial charge in [-0.3, -0.25) is 0 Å². The zero-order chi connectivity index (χ0) is 14.0. The van der Waals surface area contributed by atoms with Crippen LogP contribution in [0.1, 0.15) is 10.4 Å². The zero-order valence-corrected chi connectivity index (χ0v) is 11.2. The number of carbonyl (C=O) groups excluding carboxylic acids is 1. The minimum absolute atomic E-state index is 0.301. The molecule has 2 aromatic carbocycles. The topological polar surface area (TPSA) is 78.3 Å². The lowest BCUT2D eigenvalue weighted by Gasteiger charge is -2.07. The van der Waals surface area contributed by atoms with Crippen molar-refractivity contribution < 1.29 is 9.53 Å². The number of ether oxygens (including phenoxy) is 1. The molecule has 98 valence electrons. The van der Waals surface area contributed by atoms with E-state index in [1.54, 1.807) is 12.1 Å². The lowest BCUT2D eigenvalue weighted by Crippen LogP contribution is -2.09. The average Bonchev–Trinajstić information content (AvgIpc) is 2.37. The van der Waals surface area contributed by atoms with E-state index in [1.165, 1.54) is 24.3 Å². The monoisotopic (exact) mass is 296 g/mol. The summed E-state index contributed by atoms with van der Waals surface area (Å²) in [5.74, 6) is -0.248. The summed E-state index contributed by atoms with van der Waals surface area (Å²) >= 11 is 11.6. The van der Waals surface area contributed by atoms with Gasteiger partial charge in [0.1, 0.15) is 5.75 Å². The van der Waals surface area contributed by atoms with Gasteiger partial charge in [0.15, 0.2) is 0 Å². The molecule has 0 saturated heterocycles. The third kappa shape index (κ3) is 3.10. The van der Waals surface area contributed by atoms with Gasteiger partial charge in [-0.25, -0.2) is 4.79 Å². The Morgan fingerprint density at radius 2 is 1.68 bits per heavy atom. The molecule has 2 rings (SSSR count). The molecule has 0 bridgehead atoms. The summed E-state index contributed by atoms with van der Waals surface area (Å²) in [7, 11) is 0. The van der Waals surface area contributed by atoms with Crippen molar-refractivity contribution in [2.75, 3.05) is 11.5 Å². The molecule has 0 aliphatic heterocycles. The molecule has 0 heterocycles. The summed E-state index contributed by atoms with van der Waals surface area (Å²) in [6.45, 7) is 0. The van der Waals surface area contributed by atoms with Gasteiger partial charge in [-0.2, -0.15) is 0 Å². The minimum atomic E-state index is -0.552. The van der Waals surface area contributed by atoms with Crippen molar-refractivity contribution >= 4 is 40.5 Å². The van der Waals surface area contributed by atoms with Gasteiger partial charge in [-0.15, -0.1) is 0 Å². The van der Waals surface area contributed by atoms with E-state index >= 15 is 0 Å². The quantitative estimate of drug-likeness (QED) is 0.506. The third-order valence-electron chi connectivity index (χ3n) is 2.41. The first-order chi connectivity index (χ1) is 8.97. The first-order valence-corrected chi connectivity index (χ1v) is 6.05. The fraction of sp³-hybridized carbons (Fsp3) is 0. The van der Waals surface area contributed by atoms with Gasteiger partial charge in [0, 0.05) is 6.07 Å². The predicted octanol–water partition coefficient (Wildman–Crippen LogP) is 3.38. The van der Waals surface area contributed by atoms with Crippen molar-refractivity contribution in [1.29, 1.82) is 0 Å². The van der Waals surface area contributed by atoms with E-state index in [1.807, 2.05) is 0 Å². The van der Waals surface area contributed by atoms with Crippen LogP contribution >= 0.6 is 23.2 Å². The highest BCUT2D eigenvalue weighted by atomic mass is 35.5. The van der Waals surface area contributed by atoms with Crippen LogP contribution in [-0.2, 0) is 0 Å². The van der Waals surface area contributed by atoms with Crippen LogP contribution < -0.4 is 16.2 Å². The fourth-order valence-corrected chi connectivity index (χ4v) is 1.70. The molecule has 0 unspecified atom stereocenters. The number of hydrogen-bond acceptors (Lipinski definition) is 4. The molecule has 0 spiro atoms. The SMILES string of the molecule is Nc1cc(C(=O)Oc2ccc(N)c(Cl)c2)ccc1Cl. The first kappa shape index (κ1) is 13.5. The van der Waals surface area contributed by atoms with E-state index in [0.29, 0.717) is 32.7 Å². The minimum Gasteiger partial charge on any atom is -0.423 e. The Balaban J connectivity index is 2.20. The van der Waals surface area contributed by atoms with Crippen molar-refractivity contribution in [3.05, 3.63) is 52.0 Å². The molecule has 0 saturated carbocycles. The number of hydrogen-bond donors (Lipinski definition) is 2. The molecular weight excluding hydrogens is 287 g/mol. The second-order valence-electron chi connectivity index (χ2n) is 3.81. The fourth-order valence-electron chi connectivity index (χ4n) is 1.41. The van der Waals surface area contributed by atoms with Crippen LogP contribution in [-0.4, -0.2) is 5.97 Å². The second-order valence-corrected chi connectivity index (χ2v) is 4.62. The highest BCUT2D eigenvalue weighted by Gasteiger charge is 2.11. The number of nitrogens with two attached hydrogens (primary N) is 2. The lowest BCUT2D eigenvalue weighted by atomic mass is 10.2. The molecule has 0 fully saturated rings. The first-order valence-electron chi connectivity index (χ1n) is 5.29. The van der Waals surface area contributed by atoms with Crippen LogP contribution in [0.15, 0.2) is 36.4 Å². The van der Waals surface area contributed by atoms with Gasteiger partial charge in [0.05, 0.1) is 27.0 Å². The van der Waals surface area contributed by atoms with Crippen molar-refractivity contribution in [1.82, 2.24) is 0 Å². The third-order valence-corrected chi connectivity index (χ3v) is 3.09. The summed E-state index contributed by atoms with van der Waals surface area (Å²) in [5, 5.41) is 0.702. The smallest absolute Gasteiger partial charge is 0.343 e. The second kappa shape index (κ2) is 5.38. The van der Waals surface area contributed by atoms with Gasteiger partial charge >= 0.3 is 5.97 Å². The number of halogens is 2. The van der Waals surface area contributed by atoms with E-state index in [0.717, 1.165) is 0 Å². The van der Waals surface area contributed by atoms with Crippen molar-refractivity contribution in [2.24, 2.45) is 0 Å². The molecule has 0 atom stereocenters. The summed E-state index contributed by atoms with van der Waals surface area (Å²) in [5.41, 5.74) is 12.2. The Labute approximate surface area is 119 Å². The largest absolute Gasteiger partial charge is 0.423 e. The predicted molar refractivity (Wildman–Crippen MR) is 76.7 cm³/mol. The highest BCUT2D eigenvalue weighted by molar-refractivity contribution is 6.33. The molecular formula is C13H10Cl2N2O2. The van der Waals surface area contributed by atoms with Crippen molar-refractivity contribution in [3.63, 3.8) is 0 Å². The number of benzene rings is 2. The number of carbonyl (C=O) groups is 1. The van der Waals surface area contributed by atoms with E-state index in [9.17, 15) is 4.79 Å². The van der Waals surface area contributed by atoms with Crippen LogP contribution in [0.3, 0.4) is 0 Å². The molecule has 4 nitrogen and oxygen atoms in total. The number of anilines is 2. The zero-order valence-electron chi connectivity index (χ0n) is 9.69. The maximum atomic E-state index is 11.9. The van der Waals surface area contributed by atoms with Crippen LogP contribution in [0.5, 0.6) is 5.75 Å². The van der Waals surface area contributed by atoms with E-state index in [2.05, 4.69) is 0 Å². The van der Waals surface area contributed by atoms with Crippen molar-refractivity contribution in [2.45, 2.75) is 0 Å². The summed E-state index contributed by atoms with van der Waals surface area (Å²) < 4.78 is 5.15. The molecule has 6 heteroatoms. The summed E-state index contributed by atoms with van der Waals surface area (Å²) in [4.78, 5) is 11.9. The van der Waals surface area contributed by atoms with Crippen LogP contribution in [0.25, 0.3) is 0 Å². The molecule has 0 aliphatic carbocycles. The Kier molecular flexibility index (Phi) is 3.83. The summed E-state index contributed by atoms with van der Waals surface area (Å²) in [6, 6.07) is 9.08. The molecule has 0 amide bonds. The van der Waals surface area contributed by atoms with E-state index in [4.69, 9.17) is 39.4 Å². The van der Waals surface area contributed by atoms with Gasteiger partial charge in [0.2, 0.25) is 0 Å². The molecule has 2 aromatic rings. The Morgan fingerprint density at radius 3 is 2.32 bits per heavy atom. The standard InChI is InChI=1S/C13H10Cl2N2O2/c14-9-3-1-7(5-12(9)17)13(18)19-8-2-4-11(16)10(15)6-8/h1-6H,16-17H2. The molecule has 4 N–H and O–H groups in total. The van der Waals surface area contributed by atoms with Crippen LogP contribution in [0.2, 0.25) is 10.0 Å². The van der Waals surface area contributed by atoms with E-state index in [-0.39, 0.29) is 0 Å². The Bertz CT molecular complexity index is 645. The Hall–Kier alpha value is -1.91. The van der Waals surface area contributed by atoms with Gasteiger partial charge in [-0.1, -0.05) is 23.2 Å². The molecule has 0 radical (unpaired) electrons. The number of esters is 1. The number of rotatable bonds is 2. The molecule has 0 aliphatic rings. The maximum Gasteiger partial charge on any atom is 0.343 e. The van der Waals surface area contributed by atoms with E-state index < -0.39 is 5.97 Å². The lowest BCUT2D eigenvalue weighted by molar-refractivity contribution is 0.0735. The maximum absolute atomic E-state index is 11.9. The van der Waals surface area contributed by atoms with Crippen LogP contribution in [0, 0.1) is 0 Å². The van der Waals surface area contributed by atoms with Gasteiger partial charge in [-0.05, 0) is 30.3 Å². The molecule has 19 heavy (non-hydrogen) atoms. The van der Waals surface area contributed by atoms with Gasteiger partial charge < -0.3 is 16.2 Å².